The lowest BCUT2D eigenvalue weighted by Crippen LogP contribution is -2.21. The van der Waals surface area contributed by atoms with Crippen molar-refractivity contribution in [2.24, 2.45) is 0 Å². The van der Waals surface area contributed by atoms with Crippen LogP contribution >= 0.6 is 11.6 Å². The number of likely N-dealkylation sites (tertiary alicyclic amines) is 1. The number of halogens is 1. The number of aryl methyl sites for hydroxylation is 1. The fourth-order valence-electron chi connectivity index (χ4n) is 2.71. The third kappa shape index (κ3) is 2.38. The van der Waals surface area contributed by atoms with Crippen molar-refractivity contribution < 1.29 is 0 Å². The summed E-state index contributed by atoms with van der Waals surface area (Å²) < 4.78 is 2.04. The molecule has 0 bridgehead atoms. The van der Waals surface area contributed by atoms with E-state index >= 15 is 0 Å². The fourth-order valence-corrected chi connectivity index (χ4v) is 2.96. The second-order valence-electron chi connectivity index (χ2n) is 4.93. The summed E-state index contributed by atoms with van der Waals surface area (Å²) in [6, 6.07) is 8.16. The molecule has 3 rings (SSSR count). The van der Waals surface area contributed by atoms with Crippen LogP contribution in [0.2, 0.25) is 5.15 Å². The summed E-state index contributed by atoms with van der Waals surface area (Å²) in [4.78, 5) is 2.54. The summed E-state index contributed by atoms with van der Waals surface area (Å²) in [5.74, 6) is 0. The Morgan fingerprint density at radius 3 is 2.72 bits per heavy atom. The summed E-state index contributed by atoms with van der Waals surface area (Å²) >= 11 is 6.14. The van der Waals surface area contributed by atoms with Gasteiger partial charge >= 0.3 is 0 Å². The average Bonchev–Trinajstić information content (AvgIpc) is 3.00. The molecule has 1 aromatic carbocycles. The Kier molecular flexibility index (Phi) is 3.52. The smallest absolute Gasteiger partial charge is 0.158 e. The van der Waals surface area contributed by atoms with Gasteiger partial charge in [-0.1, -0.05) is 23.7 Å². The molecule has 1 fully saturated rings. The molecule has 1 aliphatic heterocycles. The molecule has 3 nitrogen and oxygen atoms in total. The van der Waals surface area contributed by atoms with Crippen molar-refractivity contribution >= 4 is 22.5 Å². The summed E-state index contributed by atoms with van der Waals surface area (Å²) in [6.45, 7) is 4.65. The van der Waals surface area contributed by atoms with Crippen LogP contribution in [0.15, 0.2) is 24.3 Å². The van der Waals surface area contributed by atoms with Crippen molar-refractivity contribution in [2.45, 2.75) is 25.8 Å². The number of aromatic nitrogens is 2. The Morgan fingerprint density at radius 1 is 1.11 bits per heavy atom. The molecule has 0 spiro atoms. The Bertz CT molecular complexity index is 529. The van der Waals surface area contributed by atoms with Crippen LogP contribution in [0.5, 0.6) is 0 Å². The van der Waals surface area contributed by atoms with Crippen LogP contribution in [-0.4, -0.2) is 34.3 Å². The quantitative estimate of drug-likeness (QED) is 0.845. The molecule has 1 aromatic heterocycles. The molecular formula is C14H18ClN3. The highest BCUT2D eigenvalue weighted by Gasteiger charge is 2.11. The zero-order valence-corrected chi connectivity index (χ0v) is 11.2. The maximum absolute atomic E-state index is 6.14. The molecule has 2 aromatic rings. The number of benzene rings is 1. The zero-order valence-electron chi connectivity index (χ0n) is 10.5. The Morgan fingerprint density at radius 2 is 1.89 bits per heavy atom. The molecule has 0 aliphatic carbocycles. The van der Waals surface area contributed by atoms with Gasteiger partial charge in [-0.05, 0) is 51.0 Å². The number of hydrogen-bond donors (Lipinski definition) is 0. The van der Waals surface area contributed by atoms with E-state index in [1.165, 1.54) is 32.5 Å². The molecule has 0 radical (unpaired) electrons. The van der Waals surface area contributed by atoms with Gasteiger partial charge in [0.05, 0.1) is 5.52 Å². The predicted molar refractivity (Wildman–Crippen MR) is 75.0 cm³/mol. The van der Waals surface area contributed by atoms with Crippen LogP contribution in [-0.2, 0) is 6.54 Å². The second kappa shape index (κ2) is 5.29. The van der Waals surface area contributed by atoms with Crippen LogP contribution in [0, 0.1) is 0 Å². The van der Waals surface area contributed by atoms with Gasteiger partial charge < -0.3 is 4.90 Å². The minimum atomic E-state index is 0.617. The first kappa shape index (κ1) is 12.0. The van der Waals surface area contributed by atoms with Crippen LogP contribution in [0.4, 0.5) is 0 Å². The molecule has 2 heterocycles. The first-order chi connectivity index (χ1) is 8.84. The molecule has 0 N–H and O–H groups in total. The van der Waals surface area contributed by atoms with Crippen LogP contribution in [0.25, 0.3) is 10.9 Å². The van der Waals surface area contributed by atoms with Gasteiger partial charge in [-0.25, -0.2) is 0 Å². The van der Waals surface area contributed by atoms with E-state index in [1.807, 2.05) is 22.9 Å². The normalized spacial score (nSPS) is 16.7. The summed E-state index contributed by atoms with van der Waals surface area (Å²) in [5, 5.41) is 6.09. The molecule has 0 amide bonds. The van der Waals surface area contributed by atoms with E-state index in [0.717, 1.165) is 23.9 Å². The Labute approximate surface area is 112 Å². The number of nitrogens with zero attached hydrogens (tertiary/aromatic N) is 3. The highest BCUT2D eigenvalue weighted by atomic mass is 35.5. The van der Waals surface area contributed by atoms with E-state index in [-0.39, 0.29) is 0 Å². The van der Waals surface area contributed by atoms with Gasteiger partial charge in [-0.2, -0.15) is 5.10 Å². The molecule has 1 saturated heterocycles. The monoisotopic (exact) mass is 263 g/mol. The highest BCUT2D eigenvalue weighted by Crippen LogP contribution is 2.22. The van der Waals surface area contributed by atoms with E-state index in [9.17, 15) is 0 Å². The minimum Gasteiger partial charge on any atom is -0.303 e. The van der Waals surface area contributed by atoms with Gasteiger partial charge in [-0.15, -0.1) is 0 Å². The summed E-state index contributed by atoms with van der Waals surface area (Å²) in [6.07, 6.45) is 3.86. The van der Waals surface area contributed by atoms with E-state index in [4.69, 9.17) is 11.6 Å². The Balaban J connectivity index is 1.67. The van der Waals surface area contributed by atoms with Gasteiger partial charge in [0.15, 0.2) is 5.15 Å². The number of para-hydroxylation sites is 1. The lowest BCUT2D eigenvalue weighted by Gasteiger charge is -2.14. The lowest BCUT2D eigenvalue weighted by molar-refractivity contribution is 0.323. The van der Waals surface area contributed by atoms with Gasteiger partial charge in [0, 0.05) is 11.9 Å². The fraction of sp³-hybridized carbons (Fsp3) is 0.500. The first-order valence-corrected chi connectivity index (χ1v) is 7.06. The maximum atomic E-state index is 6.14. The molecule has 18 heavy (non-hydrogen) atoms. The average molecular weight is 264 g/mol. The topological polar surface area (TPSA) is 21.1 Å². The minimum absolute atomic E-state index is 0.617. The van der Waals surface area contributed by atoms with E-state index in [2.05, 4.69) is 16.1 Å². The van der Waals surface area contributed by atoms with Gasteiger partial charge in [0.2, 0.25) is 0 Å². The molecule has 0 atom stereocenters. The lowest BCUT2D eigenvalue weighted by atomic mass is 10.2. The summed E-state index contributed by atoms with van der Waals surface area (Å²) in [5.41, 5.74) is 1.14. The van der Waals surface area contributed by atoms with Crippen molar-refractivity contribution in [1.82, 2.24) is 14.7 Å². The molecular weight excluding hydrogens is 246 g/mol. The maximum Gasteiger partial charge on any atom is 0.158 e. The third-order valence-corrected chi connectivity index (χ3v) is 3.94. The van der Waals surface area contributed by atoms with Gasteiger partial charge in [-0.3, -0.25) is 4.68 Å². The van der Waals surface area contributed by atoms with Crippen molar-refractivity contribution in [1.29, 1.82) is 0 Å². The number of fused-ring (bicyclic) bond motifs is 1. The van der Waals surface area contributed by atoms with Gasteiger partial charge in [0.25, 0.3) is 0 Å². The zero-order chi connectivity index (χ0) is 12.4. The SMILES string of the molecule is Clc1nn(CCCN2CCCC2)c2ccccc12. The second-order valence-corrected chi connectivity index (χ2v) is 5.29. The summed E-state index contributed by atoms with van der Waals surface area (Å²) in [7, 11) is 0. The number of hydrogen-bond acceptors (Lipinski definition) is 2. The highest BCUT2D eigenvalue weighted by molar-refractivity contribution is 6.34. The van der Waals surface area contributed by atoms with Crippen LogP contribution < -0.4 is 0 Å². The van der Waals surface area contributed by atoms with Crippen molar-refractivity contribution in [3.05, 3.63) is 29.4 Å². The first-order valence-electron chi connectivity index (χ1n) is 6.68. The largest absolute Gasteiger partial charge is 0.303 e. The van der Waals surface area contributed by atoms with E-state index in [0.29, 0.717) is 5.15 Å². The number of rotatable bonds is 4. The third-order valence-electron chi connectivity index (χ3n) is 3.66. The molecule has 0 saturated carbocycles. The predicted octanol–water partition coefficient (Wildman–Crippen LogP) is 3.18. The standard InChI is InChI=1S/C14H18ClN3/c15-14-12-6-1-2-7-13(12)18(16-14)11-5-10-17-8-3-4-9-17/h1-2,6-7H,3-5,8-11H2. The van der Waals surface area contributed by atoms with Crippen molar-refractivity contribution in [3.8, 4) is 0 Å². The van der Waals surface area contributed by atoms with Crippen molar-refractivity contribution in [2.75, 3.05) is 19.6 Å². The van der Waals surface area contributed by atoms with Gasteiger partial charge in [0.1, 0.15) is 0 Å². The van der Waals surface area contributed by atoms with Crippen molar-refractivity contribution in [3.63, 3.8) is 0 Å². The molecule has 0 unspecified atom stereocenters. The Hall–Kier alpha value is -1.06. The molecule has 4 heteroatoms. The molecule has 96 valence electrons. The molecule has 1 aliphatic rings. The van der Waals surface area contributed by atoms with E-state index in [1.54, 1.807) is 0 Å². The van der Waals surface area contributed by atoms with Crippen LogP contribution in [0.1, 0.15) is 19.3 Å². The van der Waals surface area contributed by atoms with E-state index < -0.39 is 0 Å². The van der Waals surface area contributed by atoms with Crippen LogP contribution in [0.3, 0.4) is 0 Å².